The van der Waals surface area contributed by atoms with Crippen molar-refractivity contribution < 1.29 is 19.1 Å². The van der Waals surface area contributed by atoms with Crippen LogP contribution in [-0.4, -0.2) is 54.5 Å². The molecule has 1 aliphatic heterocycles. The highest BCUT2D eigenvalue weighted by atomic mass is 32.1. The minimum Gasteiger partial charge on any atom is -0.497 e. The van der Waals surface area contributed by atoms with Gasteiger partial charge in [0.05, 0.1) is 35.7 Å². The molecule has 1 saturated carbocycles. The standard InChI is InChI=1S/C27H29N3O4S/c1-15-6-5-7-17(10-15)25-24(29-16(2)35-25)27(32)30-19(11-18-12-22(18)30)14-28-26(31)21-13-20(33-3)8-9-23(21)34-4/h5-10,13,18-19,22H,11-12,14H2,1-4H3,(H,28,31)/t18-,19+,22?/m1/s1. The molecule has 2 fully saturated rings. The Balaban J connectivity index is 1.36. The second-order valence-electron chi connectivity index (χ2n) is 9.22. The molecule has 35 heavy (non-hydrogen) atoms. The number of methoxy groups -OCH3 is 2. The van der Waals surface area contributed by atoms with Crippen LogP contribution < -0.4 is 14.8 Å². The molecule has 2 heterocycles. The summed E-state index contributed by atoms with van der Waals surface area (Å²) in [6, 6.07) is 13.5. The molecule has 5 rings (SSSR count). The number of carbonyl (C=O) groups is 2. The number of hydrogen-bond acceptors (Lipinski definition) is 6. The molecule has 2 amide bonds. The van der Waals surface area contributed by atoms with Crippen molar-refractivity contribution in [2.75, 3.05) is 20.8 Å². The lowest BCUT2D eigenvalue weighted by Gasteiger charge is -2.28. The molecule has 0 spiro atoms. The van der Waals surface area contributed by atoms with Gasteiger partial charge in [-0.1, -0.05) is 29.8 Å². The van der Waals surface area contributed by atoms with E-state index in [-0.39, 0.29) is 23.9 Å². The van der Waals surface area contributed by atoms with Crippen molar-refractivity contribution in [2.45, 2.75) is 38.8 Å². The van der Waals surface area contributed by atoms with Gasteiger partial charge in [-0.15, -0.1) is 11.3 Å². The van der Waals surface area contributed by atoms with Crippen LogP contribution in [0.4, 0.5) is 0 Å². The number of fused-ring (bicyclic) bond motifs is 1. The molecule has 3 aromatic rings. The fourth-order valence-electron chi connectivity index (χ4n) is 5.03. The number of benzene rings is 2. The second kappa shape index (κ2) is 9.34. The first-order valence-electron chi connectivity index (χ1n) is 11.8. The Kier molecular flexibility index (Phi) is 6.23. The van der Waals surface area contributed by atoms with Gasteiger partial charge in [-0.3, -0.25) is 9.59 Å². The molecular weight excluding hydrogens is 462 g/mol. The van der Waals surface area contributed by atoms with Crippen molar-refractivity contribution in [3.63, 3.8) is 0 Å². The lowest BCUT2D eigenvalue weighted by atomic mass is 10.1. The highest BCUT2D eigenvalue weighted by molar-refractivity contribution is 7.15. The number of carbonyl (C=O) groups excluding carboxylic acids is 2. The van der Waals surface area contributed by atoms with Gasteiger partial charge in [0, 0.05) is 12.6 Å². The number of rotatable bonds is 7. The zero-order valence-corrected chi connectivity index (χ0v) is 21.1. The van der Waals surface area contributed by atoms with Crippen LogP contribution in [0.2, 0.25) is 0 Å². The van der Waals surface area contributed by atoms with Gasteiger partial charge >= 0.3 is 0 Å². The maximum absolute atomic E-state index is 13.8. The van der Waals surface area contributed by atoms with Crippen LogP contribution in [0.5, 0.6) is 11.5 Å². The summed E-state index contributed by atoms with van der Waals surface area (Å²) >= 11 is 1.55. The van der Waals surface area contributed by atoms with Gasteiger partial charge in [0.2, 0.25) is 0 Å². The van der Waals surface area contributed by atoms with E-state index >= 15 is 0 Å². The minimum absolute atomic E-state index is 0.0472. The zero-order valence-electron chi connectivity index (χ0n) is 20.3. The molecule has 0 bridgehead atoms. The van der Waals surface area contributed by atoms with Crippen LogP contribution in [0.3, 0.4) is 0 Å². The molecule has 0 radical (unpaired) electrons. The third-order valence-corrected chi connectivity index (χ3v) is 7.83. The maximum atomic E-state index is 13.8. The van der Waals surface area contributed by atoms with E-state index in [1.165, 1.54) is 7.11 Å². The quantitative estimate of drug-likeness (QED) is 0.527. The summed E-state index contributed by atoms with van der Waals surface area (Å²) in [5, 5.41) is 3.88. The first-order valence-corrected chi connectivity index (χ1v) is 12.6. The number of hydrogen-bond donors (Lipinski definition) is 1. The molecule has 1 saturated heterocycles. The van der Waals surface area contributed by atoms with E-state index in [4.69, 9.17) is 9.47 Å². The third-order valence-electron chi connectivity index (χ3n) is 6.81. The number of aryl methyl sites for hydroxylation is 2. The topological polar surface area (TPSA) is 80.8 Å². The monoisotopic (exact) mass is 491 g/mol. The van der Waals surface area contributed by atoms with E-state index < -0.39 is 0 Å². The average molecular weight is 492 g/mol. The van der Waals surface area contributed by atoms with Gasteiger partial charge in [-0.05, 0) is 56.4 Å². The smallest absolute Gasteiger partial charge is 0.274 e. The van der Waals surface area contributed by atoms with Crippen molar-refractivity contribution in [1.82, 2.24) is 15.2 Å². The highest BCUT2D eigenvalue weighted by Gasteiger charge is 2.54. The summed E-state index contributed by atoms with van der Waals surface area (Å²) in [5.74, 6) is 1.26. The predicted octanol–water partition coefficient (Wildman–Crippen LogP) is 4.48. The first-order chi connectivity index (χ1) is 16.9. The van der Waals surface area contributed by atoms with Crippen LogP contribution in [0.25, 0.3) is 10.4 Å². The van der Waals surface area contributed by atoms with E-state index in [9.17, 15) is 9.59 Å². The lowest BCUT2D eigenvalue weighted by Crippen LogP contribution is -2.45. The normalized spacial score (nSPS) is 20.3. The minimum atomic E-state index is -0.251. The summed E-state index contributed by atoms with van der Waals surface area (Å²) in [5.41, 5.74) is 3.07. The molecule has 182 valence electrons. The van der Waals surface area contributed by atoms with Crippen LogP contribution in [0.1, 0.15) is 44.3 Å². The molecule has 2 aromatic carbocycles. The Labute approximate surface area is 209 Å². The second-order valence-corrected chi connectivity index (χ2v) is 10.4. The Morgan fingerprint density at radius 1 is 1.11 bits per heavy atom. The Hall–Kier alpha value is -3.39. The number of likely N-dealkylation sites (tertiary alicyclic amines) is 1. The first kappa shape index (κ1) is 23.4. The van der Waals surface area contributed by atoms with Gasteiger partial charge < -0.3 is 19.7 Å². The van der Waals surface area contributed by atoms with E-state index in [1.807, 2.05) is 36.9 Å². The fourth-order valence-corrected chi connectivity index (χ4v) is 5.94. The van der Waals surface area contributed by atoms with Gasteiger partial charge in [0.1, 0.15) is 17.2 Å². The molecule has 1 aromatic heterocycles. The summed E-state index contributed by atoms with van der Waals surface area (Å²) in [6.45, 7) is 4.36. The molecule has 3 atom stereocenters. The van der Waals surface area contributed by atoms with Crippen LogP contribution >= 0.6 is 11.3 Å². The summed E-state index contributed by atoms with van der Waals surface area (Å²) in [7, 11) is 3.09. The van der Waals surface area contributed by atoms with Crippen molar-refractivity contribution in [3.8, 4) is 21.9 Å². The Morgan fingerprint density at radius 3 is 2.69 bits per heavy atom. The lowest BCUT2D eigenvalue weighted by molar-refractivity contribution is 0.0684. The zero-order chi connectivity index (χ0) is 24.7. The average Bonchev–Trinajstić information content (AvgIpc) is 3.35. The van der Waals surface area contributed by atoms with Crippen molar-refractivity contribution >= 4 is 23.2 Å². The Bertz CT molecular complexity index is 1290. The SMILES string of the molecule is COc1ccc(OC)c(C(=O)NC[C@@H]2C[C@@H]3CC3N2C(=O)c2nc(C)sc2-c2cccc(C)c2)c1. The predicted molar refractivity (Wildman–Crippen MR) is 135 cm³/mol. The van der Waals surface area contributed by atoms with Crippen molar-refractivity contribution in [2.24, 2.45) is 5.92 Å². The van der Waals surface area contributed by atoms with Gasteiger partial charge in [0.15, 0.2) is 0 Å². The molecule has 7 nitrogen and oxygen atoms in total. The maximum Gasteiger partial charge on any atom is 0.274 e. The van der Waals surface area contributed by atoms with Crippen LogP contribution in [0, 0.1) is 19.8 Å². The number of nitrogens with zero attached hydrogens (tertiary/aromatic N) is 2. The largest absolute Gasteiger partial charge is 0.497 e. The fraction of sp³-hybridized carbons (Fsp3) is 0.370. The number of aromatic nitrogens is 1. The molecule has 2 aliphatic rings. The van der Waals surface area contributed by atoms with Gasteiger partial charge in [0.25, 0.3) is 11.8 Å². The highest BCUT2D eigenvalue weighted by Crippen LogP contribution is 2.49. The number of piperidine rings is 1. The van der Waals surface area contributed by atoms with E-state index in [0.717, 1.165) is 33.9 Å². The Morgan fingerprint density at radius 2 is 1.94 bits per heavy atom. The number of amides is 2. The van der Waals surface area contributed by atoms with Crippen LogP contribution in [0.15, 0.2) is 42.5 Å². The molecule has 8 heteroatoms. The van der Waals surface area contributed by atoms with Gasteiger partial charge in [-0.2, -0.15) is 0 Å². The van der Waals surface area contributed by atoms with E-state index in [0.29, 0.717) is 35.2 Å². The summed E-state index contributed by atoms with van der Waals surface area (Å²) < 4.78 is 10.6. The van der Waals surface area contributed by atoms with Gasteiger partial charge in [-0.25, -0.2) is 4.98 Å². The molecule has 1 unspecified atom stereocenters. The number of ether oxygens (including phenoxy) is 2. The summed E-state index contributed by atoms with van der Waals surface area (Å²) in [4.78, 5) is 34.3. The number of nitrogens with one attached hydrogen (secondary N) is 1. The molecule has 1 N–H and O–H groups in total. The summed E-state index contributed by atoms with van der Waals surface area (Å²) in [6.07, 6.45) is 1.90. The van der Waals surface area contributed by atoms with Crippen molar-refractivity contribution in [3.05, 3.63) is 64.3 Å². The molecular formula is C27H29N3O4S. The van der Waals surface area contributed by atoms with Crippen molar-refractivity contribution in [1.29, 1.82) is 0 Å². The number of thiazole rings is 1. The van der Waals surface area contributed by atoms with E-state index in [2.05, 4.69) is 16.4 Å². The van der Waals surface area contributed by atoms with Crippen LogP contribution in [-0.2, 0) is 0 Å². The third kappa shape index (κ3) is 4.50. The van der Waals surface area contributed by atoms with E-state index in [1.54, 1.807) is 36.6 Å². The molecule has 1 aliphatic carbocycles.